The van der Waals surface area contributed by atoms with Gasteiger partial charge in [0, 0.05) is 6.08 Å². The minimum atomic E-state index is -0.603. The molecule has 1 aromatic carbocycles. The highest BCUT2D eigenvalue weighted by Gasteiger charge is 2.20. The molecule has 3 heteroatoms. The third kappa shape index (κ3) is 2.25. The first kappa shape index (κ1) is 10.4. The van der Waals surface area contributed by atoms with E-state index >= 15 is 0 Å². The van der Waals surface area contributed by atoms with Gasteiger partial charge in [-0.3, -0.25) is 0 Å². The average molecular weight is 214 g/mol. The maximum atomic E-state index is 11.1. The Labute approximate surface area is 93.0 Å². The van der Waals surface area contributed by atoms with Crippen LogP contribution in [0.25, 0.3) is 6.08 Å². The number of cyclic esters (lactones) is 2. The van der Waals surface area contributed by atoms with E-state index in [4.69, 9.17) is 0 Å². The van der Waals surface area contributed by atoms with E-state index in [0.29, 0.717) is 0 Å². The molecule has 0 atom stereocenters. The number of hydrogen-bond donors (Lipinski definition) is 0. The molecule has 0 spiro atoms. The van der Waals surface area contributed by atoms with E-state index in [1.54, 1.807) is 12.2 Å². The topological polar surface area (TPSA) is 43.4 Å². The third-order valence-electron chi connectivity index (χ3n) is 2.24. The second-order valence-corrected chi connectivity index (χ2v) is 3.55. The van der Waals surface area contributed by atoms with Crippen LogP contribution < -0.4 is 0 Å². The zero-order valence-electron chi connectivity index (χ0n) is 8.77. The molecule has 0 unspecified atom stereocenters. The van der Waals surface area contributed by atoms with E-state index in [-0.39, 0.29) is 5.57 Å². The van der Waals surface area contributed by atoms with Crippen molar-refractivity contribution >= 4 is 18.0 Å². The molecule has 1 aliphatic heterocycles. The molecule has 0 amide bonds. The Morgan fingerprint density at radius 2 is 1.75 bits per heavy atom. The van der Waals surface area contributed by atoms with Crippen LogP contribution in [0.3, 0.4) is 0 Å². The van der Waals surface area contributed by atoms with Gasteiger partial charge in [-0.25, -0.2) is 9.59 Å². The van der Waals surface area contributed by atoms with Gasteiger partial charge in [0.25, 0.3) is 0 Å². The van der Waals surface area contributed by atoms with E-state index in [1.807, 2.05) is 31.2 Å². The predicted molar refractivity (Wildman–Crippen MR) is 59.4 cm³/mol. The van der Waals surface area contributed by atoms with Gasteiger partial charge in [-0.1, -0.05) is 35.9 Å². The standard InChI is InChI=1S/C13H10O3/c1-9-2-4-10(5-3-9)6-7-11-8-12(14)16-13(11)15/h2-8H,1H3/b7-6+. The molecule has 0 bridgehead atoms. The van der Waals surface area contributed by atoms with Gasteiger partial charge < -0.3 is 4.74 Å². The lowest BCUT2D eigenvalue weighted by Gasteiger charge is -1.94. The number of carbonyl (C=O) groups excluding carboxylic acids is 2. The van der Waals surface area contributed by atoms with Crippen molar-refractivity contribution < 1.29 is 14.3 Å². The van der Waals surface area contributed by atoms with Crippen LogP contribution in [0.15, 0.2) is 42.0 Å². The maximum absolute atomic E-state index is 11.1. The Morgan fingerprint density at radius 1 is 1.06 bits per heavy atom. The smallest absolute Gasteiger partial charge is 0.346 e. The molecule has 0 radical (unpaired) electrons. The van der Waals surface area contributed by atoms with Crippen LogP contribution in [0.1, 0.15) is 11.1 Å². The Kier molecular flexibility index (Phi) is 2.68. The fourth-order valence-corrected chi connectivity index (χ4v) is 1.35. The third-order valence-corrected chi connectivity index (χ3v) is 2.24. The number of carbonyl (C=O) groups is 2. The maximum Gasteiger partial charge on any atom is 0.346 e. The van der Waals surface area contributed by atoms with Crippen molar-refractivity contribution in [1.29, 1.82) is 0 Å². The normalized spacial score (nSPS) is 15.4. The number of aryl methyl sites for hydroxylation is 1. The van der Waals surface area contributed by atoms with Crippen LogP contribution in [0.4, 0.5) is 0 Å². The second kappa shape index (κ2) is 4.14. The SMILES string of the molecule is Cc1ccc(/C=C/C2=CC(=O)OC2=O)cc1. The Bertz CT molecular complexity index is 492. The number of benzene rings is 1. The minimum absolute atomic E-state index is 0.283. The fourth-order valence-electron chi connectivity index (χ4n) is 1.35. The van der Waals surface area contributed by atoms with Crippen molar-refractivity contribution in [3.63, 3.8) is 0 Å². The zero-order chi connectivity index (χ0) is 11.5. The summed E-state index contributed by atoms with van der Waals surface area (Å²) in [5.41, 5.74) is 2.43. The van der Waals surface area contributed by atoms with Crippen molar-refractivity contribution in [3.8, 4) is 0 Å². The molecular formula is C13H10O3. The number of ether oxygens (including phenoxy) is 1. The summed E-state index contributed by atoms with van der Waals surface area (Å²) in [6, 6.07) is 7.83. The molecule has 3 nitrogen and oxygen atoms in total. The lowest BCUT2D eigenvalue weighted by molar-refractivity contribution is -0.150. The van der Waals surface area contributed by atoms with Crippen LogP contribution in [0, 0.1) is 6.92 Å². The summed E-state index contributed by atoms with van der Waals surface area (Å²) in [5, 5.41) is 0. The van der Waals surface area contributed by atoms with Crippen LogP contribution >= 0.6 is 0 Å². The average Bonchev–Trinajstić information content (AvgIpc) is 2.57. The summed E-state index contributed by atoms with van der Waals surface area (Å²) in [6.45, 7) is 2.00. The lowest BCUT2D eigenvalue weighted by atomic mass is 10.1. The van der Waals surface area contributed by atoms with E-state index in [2.05, 4.69) is 4.74 Å². The van der Waals surface area contributed by atoms with Crippen molar-refractivity contribution in [3.05, 3.63) is 53.1 Å². The minimum Gasteiger partial charge on any atom is -0.386 e. The number of hydrogen-bond acceptors (Lipinski definition) is 3. The molecule has 0 N–H and O–H groups in total. The van der Waals surface area contributed by atoms with E-state index in [0.717, 1.165) is 5.56 Å². The van der Waals surface area contributed by atoms with E-state index in [1.165, 1.54) is 11.6 Å². The summed E-state index contributed by atoms with van der Waals surface area (Å²) in [5.74, 6) is -1.19. The summed E-state index contributed by atoms with van der Waals surface area (Å²) in [4.78, 5) is 21.9. The summed E-state index contributed by atoms with van der Waals surface area (Å²) in [7, 11) is 0. The molecule has 1 heterocycles. The highest BCUT2D eigenvalue weighted by Crippen LogP contribution is 2.12. The van der Waals surface area contributed by atoms with Crippen molar-refractivity contribution in [2.75, 3.05) is 0 Å². The molecule has 0 aromatic heterocycles. The molecule has 1 aliphatic rings. The molecule has 0 saturated heterocycles. The first-order valence-corrected chi connectivity index (χ1v) is 4.88. The van der Waals surface area contributed by atoms with Gasteiger partial charge in [-0.2, -0.15) is 0 Å². The van der Waals surface area contributed by atoms with Crippen LogP contribution in [0.2, 0.25) is 0 Å². The molecule has 1 aromatic rings. The highest BCUT2D eigenvalue weighted by molar-refractivity contribution is 6.10. The molecule has 0 fully saturated rings. The van der Waals surface area contributed by atoms with Crippen LogP contribution in [-0.2, 0) is 14.3 Å². The van der Waals surface area contributed by atoms with Gasteiger partial charge in [0.05, 0.1) is 5.57 Å². The van der Waals surface area contributed by atoms with Gasteiger partial charge >= 0.3 is 11.9 Å². The Hall–Kier alpha value is -2.16. The monoisotopic (exact) mass is 214 g/mol. The van der Waals surface area contributed by atoms with Gasteiger partial charge in [-0.05, 0) is 18.6 Å². The molecule has 2 rings (SSSR count). The molecular weight excluding hydrogens is 204 g/mol. The van der Waals surface area contributed by atoms with Gasteiger partial charge in [0.2, 0.25) is 0 Å². The summed E-state index contributed by atoms with van der Waals surface area (Å²) in [6.07, 6.45) is 4.54. The quantitative estimate of drug-likeness (QED) is 0.558. The van der Waals surface area contributed by atoms with Crippen molar-refractivity contribution in [1.82, 2.24) is 0 Å². The van der Waals surface area contributed by atoms with E-state index in [9.17, 15) is 9.59 Å². The van der Waals surface area contributed by atoms with E-state index < -0.39 is 11.9 Å². The van der Waals surface area contributed by atoms with Gasteiger partial charge in [-0.15, -0.1) is 0 Å². The molecule has 0 aliphatic carbocycles. The van der Waals surface area contributed by atoms with Crippen molar-refractivity contribution in [2.45, 2.75) is 6.92 Å². The molecule has 0 saturated carbocycles. The fraction of sp³-hybridized carbons (Fsp3) is 0.0769. The zero-order valence-corrected chi connectivity index (χ0v) is 8.77. The summed E-state index contributed by atoms with van der Waals surface area (Å²) >= 11 is 0. The first-order valence-electron chi connectivity index (χ1n) is 4.88. The molecule has 80 valence electrons. The largest absolute Gasteiger partial charge is 0.386 e. The second-order valence-electron chi connectivity index (χ2n) is 3.55. The predicted octanol–water partition coefficient (Wildman–Crippen LogP) is 2.02. The number of esters is 2. The van der Waals surface area contributed by atoms with Crippen LogP contribution in [-0.4, -0.2) is 11.9 Å². The van der Waals surface area contributed by atoms with Crippen LogP contribution in [0.5, 0.6) is 0 Å². The first-order chi connectivity index (χ1) is 7.65. The Balaban J connectivity index is 2.16. The number of rotatable bonds is 2. The van der Waals surface area contributed by atoms with Gasteiger partial charge in [0.1, 0.15) is 0 Å². The Morgan fingerprint density at radius 3 is 2.31 bits per heavy atom. The summed E-state index contributed by atoms with van der Waals surface area (Å²) < 4.78 is 4.36. The lowest BCUT2D eigenvalue weighted by Crippen LogP contribution is -2.00. The van der Waals surface area contributed by atoms with Crippen molar-refractivity contribution in [2.24, 2.45) is 0 Å². The van der Waals surface area contributed by atoms with Gasteiger partial charge in [0.15, 0.2) is 0 Å². The highest BCUT2D eigenvalue weighted by atomic mass is 16.6. The molecule has 16 heavy (non-hydrogen) atoms.